The van der Waals surface area contributed by atoms with E-state index in [9.17, 15) is 9.90 Å². The molecule has 0 saturated carbocycles. The minimum atomic E-state index is -0.879. The van der Waals surface area contributed by atoms with E-state index in [1.54, 1.807) is 6.07 Å². The maximum Gasteiger partial charge on any atom is 0.335 e. The molecule has 1 fully saturated rings. The van der Waals surface area contributed by atoms with Crippen LogP contribution in [0.5, 0.6) is 0 Å². The quantitative estimate of drug-likeness (QED) is 0.578. The van der Waals surface area contributed by atoms with Crippen LogP contribution in [0.4, 0.5) is 5.69 Å². The number of nitrogens with one attached hydrogen (secondary N) is 1. The summed E-state index contributed by atoms with van der Waals surface area (Å²) < 4.78 is 6.00. The van der Waals surface area contributed by atoms with Gasteiger partial charge >= 0.3 is 5.97 Å². The van der Waals surface area contributed by atoms with Gasteiger partial charge in [0.05, 0.1) is 18.3 Å². The summed E-state index contributed by atoms with van der Waals surface area (Å²) in [7, 11) is 0. The van der Waals surface area contributed by atoms with Gasteiger partial charge in [0.1, 0.15) is 0 Å². The van der Waals surface area contributed by atoms with Crippen molar-refractivity contribution in [1.29, 1.82) is 0 Å². The molecular weight excluding hydrogens is 388 g/mol. The molecule has 3 aromatic rings. The monoisotopic (exact) mass is 418 g/mol. The highest BCUT2D eigenvalue weighted by Crippen LogP contribution is 2.25. The van der Waals surface area contributed by atoms with Gasteiger partial charge in [0.15, 0.2) is 0 Å². The van der Waals surface area contributed by atoms with Gasteiger partial charge in [-0.05, 0) is 66.9 Å². The van der Waals surface area contributed by atoms with Crippen LogP contribution in [-0.2, 0) is 4.74 Å². The van der Waals surface area contributed by atoms with Gasteiger partial charge in [-0.2, -0.15) is 0 Å². The average Bonchev–Trinajstić information content (AvgIpc) is 2.78. The van der Waals surface area contributed by atoms with Gasteiger partial charge in [0.25, 0.3) is 0 Å². The molecule has 0 aromatic heterocycles. The zero-order valence-corrected chi connectivity index (χ0v) is 18.2. The second kappa shape index (κ2) is 9.50. The molecule has 3 aromatic carbocycles. The molecule has 0 bridgehead atoms. The number of benzene rings is 3. The molecule has 0 aliphatic carbocycles. The lowest BCUT2D eigenvalue weighted by molar-refractivity contribution is 0.0351. The van der Waals surface area contributed by atoms with E-state index in [4.69, 9.17) is 4.74 Å². The summed E-state index contributed by atoms with van der Waals surface area (Å²) in [6.45, 7) is 7.26. The van der Waals surface area contributed by atoms with Gasteiger partial charge < -0.3 is 20.1 Å². The van der Waals surface area contributed by atoms with E-state index < -0.39 is 5.97 Å². The van der Waals surface area contributed by atoms with Crippen molar-refractivity contribution in [2.45, 2.75) is 32.4 Å². The van der Waals surface area contributed by atoms with Crippen molar-refractivity contribution in [2.75, 3.05) is 31.1 Å². The topological polar surface area (TPSA) is 61.8 Å². The summed E-state index contributed by atoms with van der Waals surface area (Å²) in [5, 5.41) is 15.5. The van der Waals surface area contributed by atoms with Crippen molar-refractivity contribution in [3.05, 3.63) is 77.4 Å². The van der Waals surface area contributed by atoms with Gasteiger partial charge in [-0.3, -0.25) is 0 Å². The molecule has 162 valence electrons. The van der Waals surface area contributed by atoms with Crippen LogP contribution in [0.15, 0.2) is 60.7 Å². The summed E-state index contributed by atoms with van der Waals surface area (Å²) in [4.78, 5) is 13.6. The Balaban J connectivity index is 1.34. The summed E-state index contributed by atoms with van der Waals surface area (Å²) in [5.41, 5.74) is 3.53. The molecule has 2 N–H and O–H groups in total. The fraction of sp³-hybridized carbons (Fsp3) is 0.346. The van der Waals surface area contributed by atoms with E-state index in [1.807, 2.05) is 19.1 Å². The fourth-order valence-corrected chi connectivity index (χ4v) is 4.41. The SMILES string of the molecule is Cc1cc(N2CCOC(CCN[C@H](C)c3cccc4ccccc34)C2)ccc1C(=O)O. The van der Waals surface area contributed by atoms with Crippen LogP contribution in [0, 0.1) is 6.92 Å². The molecule has 1 aliphatic heterocycles. The van der Waals surface area contributed by atoms with Crippen LogP contribution in [0.25, 0.3) is 10.8 Å². The van der Waals surface area contributed by atoms with Crippen molar-refractivity contribution >= 4 is 22.4 Å². The number of hydrogen-bond acceptors (Lipinski definition) is 4. The minimum Gasteiger partial charge on any atom is -0.478 e. The Hall–Kier alpha value is -2.89. The number of hydrogen-bond donors (Lipinski definition) is 2. The highest BCUT2D eigenvalue weighted by atomic mass is 16.5. The number of carboxylic acid groups (broad SMARTS) is 1. The van der Waals surface area contributed by atoms with Crippen molar-refractivity contribution in [3.63, 3.8) is 0 Å². The number of fused-ring (bicyclic) bond motifs is 1. The van der Waals surface area contributed by atoms with Crippen molar-refractivity contribution in [1.82, 2.24) is 5.32 Å². The third-order valence-corrected chi connectivity index (χ3v) is 6.15. The van der Waals surface area contributed by atoms with Gasteiger partial charge in [0.2, 0.25) is 0 Å². The minimum absolute atomic E-state index is 0.153. The van der Waals surface area contributed by atoms with Crippen molar-refractivity contribution in [2.24, 2.45) is 0 Å². The highest BCUT2D eigenvalue weighted by Gasteiger charge is 2.21. The van der Waals surface area contributed by atoms with E-state index in [0.29, 0.717) is 12.2 Å². The third-order valence-electron chi connectivity index (χ3n) is 6.15. The molecule has 0 amide bonds. The molecule has 0 radical (unpaired) electrons. The zero-order valence-electron chi connectivity index (χ0n) is 18.2. The number of carboxylic acids is 1. The number of aryl methyl sites for hydroxylation is 1. The van der Waals surface area contributed by atoms with Crippen molar-refractivity contribution in [3.8, 4) is 0 Å². The van der Waals surface area contributed by atoms with Gasteiger partial charge in [-0.15, -0.1) is 0 Å². The van der Waals surface area contributed by atoms with Gasteiger partial charge in [0, 0.05) is 24.8 Å². The Morgan fingerprint density at radius 2 is 2.00 bits per heavy atom. The Morgan fingerprint density at radius 3 is 2.81 bits per heavy atom. The van der Waals surface area contributed by atoms with Gasteiger partial charge in [-0.1, -0.05) is 42.5 Å². The standard InChI is InChI=1S/C26H30N2O3/c1-18-16-21(10-11-23(18)26(29)30)28-14-15-31-22(17-28)12-13-27-19(2)24-9-5-7-20-6-3-4-8-25(20)24/h3-11,16,19,22,27H,12-15,17H2,1-2H3,(H,29,30)/t19-,22?/m1/s1. The molecule has 1 heterocycles. The summed E-state index contributed by atoms with van der Waals surface area (Å²) in [6, 6.07) is 20.8. The van der Waals surface area contributed by atoms with E-state index in [2.05, 4.69) is 59.6 Å². The van der Waals surface area contributed by atoms with E-state index in [1.165, 1.54) is 16.3 Å². The number of aromatic carboxylic acids is 1. The lowest BCUT2D eigenvalue weighted by Crippen LogP contribution is -2.43. The molecule has 1 aliphatic rings. The first-order valence-electron chi connectivity index (χ1n) is 10.9. The maximum absolute atomic E-state index is 11.3. The average molecular weight is 419 g/mol. The van der Waals surface area contributed by atoms with E-state index in [0.717, 1.165) is 37.3 Å². The Labute approximate surface area is 183 Å². The first-order chi connectivity index (χ1) is 15.0. The molecule has 0 spiro atoms. The third kappa shape index (κ3) is 4.89. The number of morpholine rings is 1. The van der Waals surface area contributed by atoms with Crippen LogP contribution >= 0.6 is 0 Å². The smallest absolute Gasteiger partial charge is 0.335 e. The van der Waals surface area contributed by atoms with Crippen LogP contribution < -0.4 is 10.2 Å². The maximum atomic E-state index is 11.3. The Bertz CT molecular complexity index is 1060. The van der Waals surface area contributed by atoms with Crippen LogP contribution in [0.2, 0.25) is 0 Å². The highest BCUT2D eigenvalue weighted by molar-refractivity contribution is 5.90. The molecular formula is C26H30N2O3. The molecule has 1 saturated heterocycles. The largest absolute Gasteiger partial charge is 0.478 e. The van der Waals surface area contributed by atoms with Crippen LogP contribution in [0.1, 0.15) is 40.9 Å². The predicted molar refractivity (Wildman–Crippen MR) is 125 cm³/mol. The lowest BCUT2D eigenvalue weighted by atomic mass is 9.99. The first-order valence-corrected chi connectivity index (χ1v) is 10.9. The van der Waals surface area contributed by atoms with Gasteiger partial charge in [-0.25, -0.2) is 4.79 Å². The number of ether oxygens (including phenoxy) is 1. The first kappa shape index (κ1) is 21.3. The summed E-state index contributed by atoms with van der Waals surface area (Å²) >= 11 is 0. The second-order valence-corrected chi connectivity index (χ2v) is 8.28. The summed E-state index contributed by atoms with van der Waals surface area (Å²) in [5.74, 6) is -0.879. The summed E-state index contributed by atoms with van der Waals surface area (Å²) in [6.07, 6.45) is 1.08. The molecule has 5 heteroatoms. The van der Waals surface area contributed by atoms with E-state index in [-0.39, 0.29) is 12.1 Å². The van der Waals surface area contributed by atoms with Crippen molar-refractivity contribution < 1.29 is 14.6 Å². The lowest BCUT2D eigenvalue weighted by Gasteiger charge is -2.35. The number of anilines is 1. The van der Waals surface area contributed by atoms with Crippen LogP contribution in [-0.4, -0.2) is 43.4 Å². The number of carbonyl (C=O) groups is 1. The Kier molecular flexibility index (Phi) is 6.54. The normalized spacial score (nSPS) is 17.6. The molecule has 2 atom stereocenters. The molecule has 5 nitrogen and oxygen atoms in total. The van der Waals surface area contributed by atoms with Crippen LogP contribution in [0.3, 0.4) is 0 Å². The number of rotatable bonds is 7. The fourth-order valence-electron chi connectivity index (χ4n) is 4.41. The zero-order chi connectivity index (χ0) is 21.8. The predicted octanol–water partition coefficient (Wildman–Crippen LogP) is 4.79. The van der Waals surface area contributed by atoms with E-state index >= 15 is 0 Å². The second-order valence-electron chi connectivity index (χ2n) is 8.28. The molecule has 31 heavy (non-hydrogen) atoms. The molecule has 4 rings (SSSR count). The molecule has 1 unspecified atom stereocenters. The number of nitrogens with zero attached hydrogens (tertiary/aromatic N) is 1. The Morgan fingerprint density at radius 1 is 1.19 bits per heavy atom.